The first-order chi connectivity index (χ1) is 10.7. The zero-order valence-corrected chi connectivity index (χ0v) is 13.1. The molecule has 4 heteroatoms. The zero-order valence-electron chi connectivity index (χ0n) is 12.3. The Morgan fingerprint density at radius 1 is 1.05 bits per heavy atom. The molecule has 22 heavy (non-hydrogen) atoms. The van der Waals surface area contributed by atoms with Crippen LogP contribution in [0.3, 0.4) is 0 Å². The normalized spacial score (nSPS) is 17.5. The fourth-order valence-electron chi connectivity index (χ4n) is 3.31. The van der Waals surface area contributed by atoms with Gasteiger partial charge < -0.3 is 4.90 Å². The number of aromatic nitrogens is 2. The van der Waals surface area contributed by atoms with Crippen LogP contribution in [0.15, 0.2) is 48.5 Å². The zero-order chi connectivity index (χ0) is 15.1. The van der Waals surface area contributed by atoms with Crippen molar-refractivity contribution in [2.45, 2.75) is 19.4 Å². The molecule has 0 radical (unpaired) electrons. The molecule has 4 rings (SSSR count). The molecule has 0 saturated carbocycles. The van der Waals surface area contributed by atoms with Gasteiger partial charge in [0.2, 0.25) is 5.28 Å². The van der Waals surface area contributed by atoms with Gasteiger partial charge in [-0.25, -0.2) is 4.98 Å². The van der Waals surface area contributed by atoms with E-state index in [1.807, 2.05) is 18.2 Å². The number of hydrogen-bond acceptors (Lipinski definition) is 3. The van der Waals surface area contributed by atoms with Gasteiger partial charge in [0.1, 0.15) is 5.82 Å². The van der Waals surface area contributed by atoms with Crippen molar-refractivity contribution < 1.29 is 0 Å². The lowest BCUT2D eigenvalue weighted by Gasteiger charge is -2.36. The molecular weight excluding hydrogens is 294 g/mol. The number of fused-ring (bicyclic) bond motifs is 2. The van der Waals surface area contributed by atoms with Gasteiger partial charge in [-0.05, 0) is 48.2 Å². The highest BCUT2D eigenvalue weighted by Crippen LogP contribution is 2.35. The van der Waals surface area contributed by atoms with Gasteiger partial charge in [-0.2, -0.15) is 4.98 Å². The van der Waals surface area contributed by atoms with Gasteiger partial charge in [0.05, 0.1) is 11.6 Å². The van der Waals surface area contributed by atoms with Crippen LogP contribution in [0, 0.1) is 0 Å². The number of hydrogen-bond donors (Lipinski definition) is 0. The first kappa shape index (κ1) is 13.5. The maximum absolute atomic E-state index is 6.14. The summed E-state index contributed by atoms with van der Waals surface area (Å²) in [5.74, 6) is 0.928. The molecule has 2 aromatic carbocycles. The summed E-state index contributed by atoms with van der Waals surface area (Å²) in [5, 5.41) is 1.36. The van der Waals surface area contributed by atoms with Crippen molar-refractivity contribution in [2.24, 2.45) is 0 Å². The quantitative estimate of drug-likeness (QED) is 0.624. The van der Waals surface area contributed by atoms with E-state index in [1.165, 1.54) is 11.1 Å². The Hall–Kier alpha value is -2.13. The predicted molar refractivity (Wildman–Crippen MR) is 90.5 cm³/mol. The van der Waals surface area contributed by atoms with Crippen molar-refractivity contribution in [2.75, 3.05) is 11.4 Å². The third kappa shape index (κ3) is 2.13. The Morgan fingerprint density at radius 2 is 1.82 bits per heavy atom. The van der Waals surface area contributed by atoms with Crippen molar-refractivity contribution in [3.05, 3.63) is 64.9 Å². The van der Waals surface area contributed by atoms with Crippen LogP contribution in [0.2, 0.25) is 5.28 Å². The molecule has 1 aromatic heterocycles. The summed E-state index contributed by atoms with van der Waals surface area (Å²) in [7, 11) is 0. The van der Waals surface area contributed by atoms with Crippen LogP contribution in [-0.2, 0) is 6.42 Å². The summed E-state index contributed by atoms with van der Waals surface area (Å²) < 4.78 is 0. The summed E-state index contributed by atoms with van der Waals surface area (Å²) in [5.41, 5.74) is 3.69. The average molecular weight is 310 g/mol. The monoisotopic (exact) mass is 309 g/mol. The van der Waals surface area contributed by atoms with Crippen molar-refractivity contribution in [1.82, 2.24) is 9.97 Å². The van der Waals surface area contributed by atoms with Gasteiger partial charge in [0, 0.05) is 11.9 Å². The third-order valence-corrected chi connectivity index (χ3v) is 4.59. The van der Waals surface area contributed by atoms with E-state index in [4.69, 9.17) is 11.6 Å². The molecule has 3 nitrogen and oxygen atoms in total. The lowest BCUT2D eigenvalue weighted by Crippen LogP contribution is -2.34. The Morgan fingerprint density at radius 3 is 2.73 bits per heavy atom. The summed E-state index contributed by atoms with van der Waals surface area (Å²) in [6, 6.07) is 17.0. The predicted octanol–water partition coefficient (Wildman–Crippen LogP) is 4.41. The minimum atomic E-state index is 0.277. The lowest BCUT2D eigenvalue weighted by atomic mass is 9.93. The summed E-state index contributed by atoms with van der Waals surface area (Å²) in [6.07, 6.45) is 1.02. The van der Waals surface area contributed by atoms with Crippen LogP contribution in [0.1, 0.15) is 24.1 Å². The molecule has 0 saturated heterocycles. The number of para-hydroxylation sites is 1. The Labute approximate surface area is 134 Å². The summed E-state index contributed by atoms with van der Waals surface area (Å²) in [4.78, 5) is 11.2. The van der Waals surface area contributed by atoms with Crippen LogP contribution in [-0.4, -0.2) is 16.5 Å². The molecule has 0 amide bonds. The molecule has 0 spiro atoms. The van der Waals surface area contributed by atoms with Crippen LogP contribution in [0.4, 0.5) is 5.82 Å². The third-order valence-electron chi connectivity index (χ3n) is 4.42. The number of rotatable bonds is 1. The van der Waals surface area contributed by atoms with E-state index >= 15 is 0 Å². The molecule has 0 aliphatic carbocycles. The van der Waals surface area contributed by atoms with Gasteiger partial charge in [-0.1, -0.05) is 36.4 Å². The summed E-state index contributed by atoms with van der Waals surface area (Å²) in [6.45, 7) is 3.16. The van der Waals surface area contributed by atoms with Gasteiger partial charge in [-0.15, -0.1) is 0 Å². The van der Waals surface area contributed by atoms with Gasteiger partial charge in [0.15, 0.2) is 0 Å². The lowest BCUT2D eigenvalue weighted by molar-refractivity contribution is 0.619. The maximum atomic E-state index is 6.14. The topological polar surface area (TPSA) is 29.0 Å². The highest BCUT2D eigenvalue weighted by atomic mass is 35.5. The largest absolute Gasteiger partial charge is 0.349 e. The molecule has 1 atom stereocenters. The Bertz CT molecular complexity index is 847. The molecule has 110 valence electrons. The second-order valence-corrected chi connectivity index (χ2v) is 5.99. The maximum Gasteiger partial charge on any atom is 0.224 e. The first-order valence-electron chi connectivity index (χ1n) is 7.51. The van der Waals surface area contributed by atoms with Gasteiger partial charge in [-0.3, -0.25) is 0 Å². The SMILES string of the molecule is CC1c2ccccc2CCN1c1nc(Cl)nc2ccccc12. The van der Waals surface area contributed by atoms with Gasteiger partial charge in [0.25, 0.3) is 0 Å². The number of nitrogens with zero attached hydrogens (tertiary/aromatic N) is 3. The molecule has 0 bridgehead atoms. The van der Waals surface area contributed by atoms with Crippen molar-refractivity contribution in [1.29, 1.82) is 0 Å². The Balaban J connectivity index is 1.86. The molecule has 1 aliphatic rings. The summed E-state index contributed by atoms with van der Waals surface area (Å²) >= 11 is 6.14. The van der Waals surface area contributed by atoms with E-state index in [1.54, 1.807) is 0 Å². The second kappa shape index (κ2) is 5.25. The average Bonchev–Trinajstić information content (AvgIpc) is 2.55. The molecule has 1 aliphatic heterocycles. The van der Waals surface area contributed by atoms with Crippen LogP contribution >= 0.6 is 11.6 Å². The second-order valence-electron chi connectivity index (χ2n) is 5.65. The van der Waals surface area contributed by atoms with E-state index < -0.39 is 0 Å². The fourth-order valence-corrected chi connectivity index (χ4v) is 3.48. The molecular formula is C18H16ClN3. The number of halogens is 1. The van der Waals surface area contributed by atoms with Crippen molar-refractivity contribution in [3.8, 4) is 0 Å². The number of anilines is 1. The number of benzene rings is 2. The molecule has 3 aromatic rings. The van der Waals surface area contributed by atoms with E-state index in [0.717, 1.165) is 29.7 Å². The van der Waals surface area contributed by atoms with Crippen LogP contribution in [0.5, 0.6) is 0 Å². The highest BCUT2D eigenvalue weighted by Gasteiger charge is 2.26. The minimum absolute atomic E-state index is 0.277. The van der Waals surface area contributed by atoms with E-state index in [9.17, 15) is 0 Å². The molecule has 0 N–H and O–H groups in total. The van der Waals surface area contributed by atoms with E-state index in [0.29, 0.717) is 5.28 Å². The van der Waals surface area contributed by atoms with Crippen molar-refractivity contribution >= 4 is 28.3 Å². The standard InChI is InChI=1S/C18H16ClN3/c1-12-14-7-3-2-6-13(14)10-11-22(12)17-15-8-4-5-9-16(15)20-18(19)21-17/h2-9,12H,10-11H2,1H3. The van der Waals surface area contributed by atoms with Crippen LogP contribution in [0.25, 0.3) is 10.9 Å². The smallest absolute Gasteiger partial charge is 0.224 e. The minimum Gasteiger partial charge on any atom is -0.349 e. The van der Waals surface area contributed by atoms with Gasteiger partial charge >= 0.3 is 0 Å². The Kier molecular flexibility index (Phi) is 3.23. The molecule has 2 heterocycles. The first-order valence-corrected chi connectivity index (χ1v) is 7.88. The molecule has 0 fully saturated rings. The van der Waals surface area contributed by atoms with E-state index in [2.05, 4.69) is 52.1 Å². The van der Waals surface area contributed by atoms with Crippen molar-refractivity contribution in [3.63, 3.8) is 0 Å². The van der Waals surface area contributed by atoms with E-state index in [-0.39, 0.29) is 6.04 Å². The van der Waals surface area contributed by atoms with Crippen LogP contribution < -0.4 is 4.90 Å². The fraction of sp³-hybridized carbons (Fsp3) is 0.222. The highest BCUT2D eigenvalue weighted by molar-refractivity contribution is 6.28. The molecule has 1 unspecified atom stereocenters.